The molecule has 0 spiro atoms. The van der Waals surface area contributed by atoms with E-state index in [4.69, 9.17) is 4.74 Å². The van der Waals surface area contributed by atoms with Crippen molar-refractivity contribution >= 4 is 0 Å². The van der Waals surface area contributed by atoms with Crippen molar-refractivity contribution in [2.24, 2.45) is 5.92 Å². The number of hydrogen-bond acceptors (Lipinski definition) is 2. The Balaban J connectivity index is 1.46. The van der Waals surface area contributed by atoms with E-state index in [1.165, 1.54) is 76.4 Å². The van der Waals surface area contributed by atoms with Gasteiger partial charge in [-0.1, -0.05) is 50.3 Å². The van der Waals surface area contributed by atoms with Crippen molar-refractivity contribution in [3.05, 3.63) is 29.8 Å². The van der Waals surface area contributed by atoms with Gasteiger partial charge in [0.15, 0.2) is 0 Å². The average molecular weight is 301 g/mol. The first-order valence-electron chi connectivity index (χ1n) is 9.35. The molecule has 1 heterocycles. The SMILES string of the molecule is c1ccc(OCCN2CCCC2)c(CCC2CCCCC2)c1. The van der Waals surface area contributed by atoms with Crippen LogP contribution in [0.3, 0.4) is 0 Å². The van der Waals surface area contributed by atoms with Crippen LogP contribution in [0.2, 0.25) is 0 Å². The van der Waals surface area contributed by atoms with Crippen LogP contribution in [0, 0.1) is 5.92 Å². The molecule has 1 aliphatic carbocycles. The first-order chi connectivity index (χ1) is 10.9. The fraction of sp³-hybridized carbons (Fsp3) is 0.700. The summed E-state index contributed by atoms with van der Waals surface area (Å²) in [5.41, 5.74) is 1.41. The molecule has 1 aromatic carbocycles. The summed E-state index contributed by atoms with van der Waals surface area (Å²) in [5.74, 6) is 2.07. The fourth-order valence-corrected chi connectivity index (χ4v) is 3.98. The van der Waals surface area contributed by atoms with Gasteiger partial charge in [-0.25, -0.2) is 0 Å². The van der Waals surface area contributed by atoms with Crippen molar-refractivity contribution in [3.63, 3.8) is 0 Å². The van der Waals surface area contributed by atoms with Gasteiger partial charge < -0.3 is 4.74 Å². The second kappa shape index (κ2) is 8.57. The van der Waals surface area contributed by atoms with E-state index in [1.807, 2.05) is 0 Å². The highest BCUT2D eigenvalue weighted by atomic mass is 16.5. The number of para-hydroxylation sites is 1. The Morgan fingerprint density at radius 3 is 2.55 bits per heavy atom. The molecule has 2 aliphatic rings. The molecule has 0 atom stereocenters. The number of ether oxygens (including phenoxy) is 1. The molecule has 1 saturated heterocycles. The molecule has 0 N–H and O–H groups in total. The Hall–Kier alpha value is -1.02. The maximum atomic E-state index is 6.10. The topological polar surface area (TPSA) is 12.5 Å². The van der Waals surface area contributed by atoms with Crippen molar-refractivity contribution < 1.29 is 4.74 Å². The summed E-state index contributed by atoms with van der Waals surface area (Å²) in [6.07, 6.45) is 12.5. The normalized spacial score (nSPS) is 20.4. The van der Waals surface area contributed by atoms with Crippen molar-refractivity contribution in [1.82, 2.24) is 4.90 Å². The Labute approximate surface area is 135 Å². The zero-order valence-electron chi connectivity index (χ0n) is 13.9. The first kappa shape index (κ1) is 15.9. The van der Waals surface area contributed by atoms with Crippen molar-refractivity contribution in [1.29, 1.82) is 0 Å². The average Bonchev–Trinajstić information content (AvgIpc) is 3.08. The van der Waals surface area contributed by atoms with E-state index in [-0.39, 0.29) is 0 Å². The molecule has 1 aliphatic heterocycles. The lowest BCUT2D eigenvalue weighted by atomic mass is 9.85. The Morgan fingerprint density at radius 1 is 0.955 bits per heavy atom. The minimum Gasteiger partial charge on any atom is -0.492 e. The molecule has 122 valence electrons. The highest BCUT2D eigenvalue weighted by Crippen LogP contribution is 2.29. The van der Waals surface area contributed by atoms with Crippen LogP contribution in [0.15, 0.2) is 24.3 Å². The van der Waals surface area contributed by atoms with Gasteiger partial charge in [-0.3, -0.25) is 4.90 Å². The molecule has 0 unspecified atom stereocenters. The third-order valence-corrected chi connectivity index (χ3v) is 5.38. The van der Waals surface area contributed by atoms with Gasteiger partial charge >= 0.3 is 0 Å². The molecule has 3 rings (SSSR count). The molecule has 0 bridgehead atoms. The molecule has 0 aromatic heterocycles. The molecular weight excluding hydrogens is 270 g/mol. The largest absolute Gasteiger partial charge is 0.492 e. The van der Waals surface area contributed by atoms with Gasteiger partial charge in [-0.15, -0.1) is 0 Å². The third kappa shape index (κ3) is 4.74. The minimum atomic E-state index is 0.834. The van der Waals surface area contributed by atoms with Crippen molar-refractivity contribution in [2.45, 2.75) is 57.8 Å². The quantitative estimate of drug-likeness (QED) is 0.725. The summed E-state index contributed by atoms with van der Waals surface area (Å²) < 4.78 is 6.10. The number of nitrogens with zero attached hydrogens (tertiary/aromatic N) is 1. The van der Waals surface area contributed by atoms with E-state index < -0.39 is 0 Å². The Morgan fingerprint density at radius 2 is 1.73 bits per heavy atom. The minimum absolute atomic E-state index is 0.834. The van der Waals surface area contributed by atoms with Crippen LogP contribution in [0.4, 0.5) is 0 Å². The van der Waals surface area contributed by atoms with Crippen LogP contribution < -0.4 is 4.74 Å². The fourth-order valence-electron chi connectivity index (χ4n) is 3.98. The zero-order valence-corrected chi connectivity index (χ0v) is 13.9. The van der Waals surface area contributed by atoms with Gasteiger partial charge in [-0.05, 0) is 56.3 Å². The summed E-state index contributed by atoms with van der Waals surface area (Å²) in [7, 11) is 0. The summed E-state index contributed by atoms with van der Waals surface area (Å²) >= 11 is 0. The monoisotopic (exact) mass is 301 g/mol. The van der Waals surface area contributed by atoms with E-state index in [1.54, 1.807) is 0 Å². The third-order valence-electron chi connectivity index (χ3n) is 5.38. The van der Waals surface area contributed by atoms with E-state index in [2.05, 4.69) is 29.2 Å². The molecule has 1 aromatic rings. The van der Waals surface area contributed by atoms with Crippen LogP contribution in [-0.2, 0) is 6.42 Å². The second-order valence-electron chi connectivity index (χ2n) is 7.05. The lowest BCUT2D eigenvalue weighted by Crippen LogP contribution is -2.25. The van der Waals surface area contributed by atoms with E-state index in [0.717, 1.165) is 24.8 Å². The predicted molar refractivity (Wildman–Crippen MR) is 92.5 cm³/mol. The smallest absolute Gasteiger partial charge is 0.122 e. The van der Waals surface area contributed by atoms with E-state index in [9.17, 15) is 0 Å². The molecule has 1 saturated carbocycles. The Kier molecular flexibility index (Phi) is 6.18. The molecule has 22 heavy (non-hydrogen) atoms. The molecule has 2 fully saturated rings. The first-order valence-corrected chi connectivity index (χ1v) is 9.35. The molecule has 2 nitrogen and oxygen atoms in total. The van der Waals surface area contributed by atoms with Crippen LogP contribution >= 0.6 is 0 Å². The van der Waals surface area contributed by atoms with Crippen LogP contribution in [0.1, 0.15) is 56.9 Å². The summed E-state index contributed by atoms with van der Waals surface area (Å²) in [6, 6.07) is 8.67. The zero-order chi connectivity index (χ0) is 15.0. The van der Waals surface area contributed by atoms with Gasteiger partial charge in [-0.2, -0.15) is 0 Å². The highest BCUT2D eigenvalue weighted by Gasteiger charge is 2.15. The van der Waals surface area contributed by atoms with Gasteiger partial charge in [0.1, 0.15) is 12.4 Å². The van der Waals surface area contributed by atoms with Crippen molar-refractivity contribution in [3.8, 4) is 5.75 Å². The molecule has 2 heteroatoms. The number of likely N-dealkylation sites (tertiary alicyclic amines) is 1. The molecular formula is C20H31NO. The van der Waals surface area contributed by atoms with Crippen LogP contribution in [-0.4, -0.2) is 31.1 Å². The van der Waals surface area contributed by atoms with Crippen molar-refractivity contribution in [2.75, 3.05) is 26.2 Å². The predicted octanol–water partition coefficient (Wildman–Crippen LogP) is 4.67. The summed E-state index contributed by atoms with van der Waals surface area (Å²) in [6.45, 7) is 4.43. The van der Waals surface area contributed by atoms with Gasteiger partial charge in [0.05, 0.1) is 0 Å². The lowest BCUT2D eigenvalue weighted by molar-refractivity contribution is 0.236. The van der Waals surface area contributed by atoms with Crippen LogP contribution in [0.5, 0.6) is 5.75 Å². The van der Waals surface area contributed by atoms with E-state index >= 15 is 0 Å². The highest BCUT2D eigenvalue weighted by molar-refractivity contribution is 5.33. The number of aryl methyl sites for hydroxylation is 1. The standard InChI is InChI=1S/C20H31NO/c1-2-8-18(9-3-1)12-13-19-10-4-5-11-20(19)22-17-16-21-14-6-7-15-21/h4-5,10-11,18H,1-3,6-9,12-17H2. The number of hydrogen-bond donors (Lipinski definition) is 0. The molecule has 0 amide bonds. The number of rotatable bonds is 7. The second-order valence-corrected chi connectivity index (χ2v) is 7.05. The molecule has 0 radical (unpaired) electrons. The van der Waals surface area contributed by atoms with Gasteiger partial charge in [0.2, 0.25) is 0 Å². The van der Waals surface area contributed by atoms with Gasteiger partial charge in [0, 0.05) is 6.54 Å². The lowest BCUT2D eigenvalue weighted by Gasteiger charge is -2.22. The van der Waals surface area contributed by atoms with Gasteiger partial charge in [0.25, 0.3) is 0 Å². The summed E-state index contributed by atoms with van der Waals surface area (Å²) in [4.78, 5) is 2.52. The number of benzene rings is 1. The maximum absolute atomic E-state index is 6.10. The maximum Gasteiger partial charge on any atom is 0.122 e. The van der Waals surface area contributed by atoms with E-state index in [0.29, 0.717) is 0 Å². The summed E-state index contributed by atoms with van der Waals surface area (Å²) in [5, 5.41) is 0. The van der Waals surface area contributed by atoms with Crippen LogP contribution in [0.25, 0.3) is 0 Å². The Bertz CT molecular complexity index is 433.